The molecule has 0 unspecified atom stereocenters. The van der Waals surface area contributed by atoms with E-state index in [1.807, 2.05) is 24.3 Å². The molecule has 2 heterocycles. The first kappa shape index (κ1) is 29.6. The van der Waals surface area contributed by atoms with E-state index in [-0.39, 0.29) is 30.2 Å². The van der Waals surface area contributed by atoms with Crippen molar-refractivity contribution in [2.75, 3.05) is 31.5 Å². The molecule has 0 spiro atoms. The normalized spacial score (nSPS) is 20.0. The molecule has 0 bridgehead atoms. The maximum atomic E-state index is 12.7. The molecule has 2 fully saturated rings. The molecule has 38 heavy (non-hydrogen) atoms. The van der Waals surface area contributed by atoms with Crippen molar-refractivity contribution in [3.05, 3.63) is 52.6 Å². The van der Waals surface area contributed by atoms with Crippen molar-refractivity contribution in [2.45, 2.75) is 63.7 Å². The zero-order valence-electron chi connectivity index (χ0n) is 22.1. The second-order valence-electron chi connectivity index (χ2n) is 10.6. The van der Waals surface area contributed by atoms with Gasteiger partial charge in [-0.25, -0.2) is 9.59 Å². The number of urea groups is 1. The number of benzene rings is 1. The Morgan fingerprint density at radius 2 is 1.61 bits per heavy atom. The standard InChI is InChI=1S/C26H38N8O3.ClH/c1-26(2,28)23(35)32-13-15-33(16-14-32)24(36)30-22-11-12-34(25(37)31-22)21-9-3-18(4-10-21)17-29-20-7-5-19(27)6-8-20;/h3-4,9-12,19-20,29H,5-8,13-17,27-28H2,1-2H3,(H,30,31,36,37);1H/t19-,20+;. The summed E-state index contributed by atoms with van der Waals surface area (Å²) in [6.45, 7) is 5.67. The molecule has 0 atom stereocenters. The third-order valence-corrected chi connectivity index (χ3v) is 7.03. The van der Waals surface area contributed by atoms with Crippen molar-refractivity contribution in [1.82, 2.24) is 24.7 Å². The van der Waals surface area contributed by atoms with Crippen molar-refractivity contribution in [3.63, 3.8) is 0 Å². The van der Waals surface area contributed by atoms with E-state index in [2.05, 4.69) is 15.6 Å². The molecule has 1 aliphatic carbocycles. The van der Waals surface area contributed by atoms with Gasteiger partial charge in [0.1, 0.15) is 5.82 Å². The Balaban J connectivity index is 0.00000400. The summed E-state index contributed by atoms with van der Waals surface area (Å²) in [7, 11) is 0. The average Bonchev–Trinajstić information content (AvgIpc) is 2.88. The first-order valence-electron chi connectivity index (χ1n) is 12.9. The molecule has 11 nitrogen and oxygen atoms in total. The Labute approximate surface area is 229 Å². The Hall–Kier alpha value is -2.99. The van der Waals surface area contributed by atoms with Gasteiger partial charge >= 0.3 is 11.7 Å². The number of hydrogen-bond donors (Lipinski definition) is 4. The van der Waals surface area contributed by atoms with Crippen molar-refractivity contribution in [3.8, 4) is 5.69 Å². The molecule has 208 valence electrons. The molecule has 2 aromatic rings. The minimum Gasteiger partial charge on any atom is -0.338 e. The van der Waals surface area contributed by atoms with Crippen LogP contribution in [0.15, 0.2) is 41.3 Å². The van der Waals surface area contributed by atoms with Crippen LogP contribution in [0.25, 0.3) is 5.69 Å². The minimum absolute atomic E-state index is 0. The fourth-order valence-electron chi connectivity index (χ4n) is 4.74. The van der Waals surface area contributed by atoms with Gasteiger partial charge in [0.25, 0.3) is 0 Å². The van der Waals surface area contributed by atoms with Crippen LogP contribution < -0.4 is 27.8 Å². The lowest BCUT2D eigenvalue weighted by molar-refractivity contribution is -0.137. The minimum atomic E-state index is -0.945. The van der Waals surface area contributed by atoms with Gasteiger partial charge in [-0.05, 0) is 63.3 Å². The van der Waals surface area contributed by atoms with Gasteiger partial charge in [0.05, 0.1) is 11.2 Å². The van der Waals surface area contributed by atoms with E-state index in [0.717, 1.165) is 37.8 Å². The molecular weight excluding hydrogens is 508 g/mol. The fourth-order valence-corrected chi connectivity index (χ4v) is 4.74. The average molecular weight is 547 g/mol. The summed E-state index contributed by atoms with van der Waals surface area (Å²) in [6.07, 6.45) is 5.93. The molecule has 12 heteroatoms. The lowest BCUT2D eigenvalue weighted by Gasteiger charge is -2.37. The van der Waals surface area contributed by atoms with Gasteiger partial charge in [0.2, 0.25) is 5.91 Å². The second-order valence-corrected chi connectivity index (χ2v) is 10.6. The summed E-state index contributed by atoms with van der Waals surface area (Å²) in [4.78, 5) is 44.9. The number of aromatic nitrogens is 2. The molecule has 1 saturated carbocycles. The van der Waals surface area contributed by atoms with Gasteiger partial charge in [0.15, 0.2) is 0 Å². The van der Waals surface area contributed by atoms with Crippen LogP contribution in [0.3, 0.4) is 0 Å². The van der Waals surface area contributed by atoms with Gasteiger partial charge in [-0.15, -0.1) is 12.4 Å². The Bertz CT molecular complexity index is 1150. The molecule has 4 rings (SSSR count). The Morgan fingerprint density at radius 3 is 2.18 bits per heavy atom. The highest BCUT2D eigenvalue weighted by atomic mass is 35.5. The van der Waals surface area contributed by atoms with E-state index in [1.54, 1.807) is 35.9 Å². The molecule has 0 radical (unpaired) electrons. The van der Waals surface area contributed by atoms with E-state index in [1.165, 1.54) is 4.57 Å². The Kier molecular flexibility index (Phi) is 9.88. The monoisotopic (exact) mass is 546 g/mol. The second kappa shape index (κ2) is 12.7. The highest BCUT2D eigenvalue weighted by molar-refractivity contribution is 5.89. The van der Waals surface area contributed by atoms with Crippen LogP contribution in [0, 0.1) is 0 Å². The molecular formula is C26H39ClN8O3. The number of nitrogens with one attached hydrogen (secondary N) is 2. The smallest absolute Gasteiger partial charge is 0.338 e. The summed E-state index contributed by atoms with van der Waals surface area (Å²) >= 11 is 0. The number of nitrogens with zero attached hydrogens (tertiary/aromatic N) is 4. The molecule has 1 aliphatic heterocycles. The van der Waals surface area contributed by atoms with Crippen molar-refractivity contribution < 1.29 is 9.59 Å². The fraction of sp³-hybridized carbons (Fsp3) is 0.538. The lowest BCUT2D eigenvalue weighted by atomic mass is 9.92. The number of rotatable bonds is 6. The molecule has 1 aromatic carbocycles. The first-order valence-corrected chi connectivity index (χ1v) is 12.9. The SMILES string of the molecule is CC(C)(N)C(=O)N1CCN(C(=O)Nc2ccn(-c3ccc(CN[C@H]4CC[C@@H](N)CC4)cc3)c(=O)n2)CC1.Cl. The topological polar surface area (TPSA) is 152 Å². The number of halogens is 1. The quantitative estimate of drug-likeness (QED) is 0.427. The number of nitrogens with two attached hydrogens (primary N) is 2. The highest BCUT2D eigenvalue weighted by Crippen LogP contribution is 2.18. The predicted molar refractivity (Wildman–Crippen MR) is 150 cm³/mol. The van der Waals surface area contributed by atoms with Crippen LogP contribution in [0.1, 0.15) is 45.1 Å². The van der Waals surface area contributed by atoms with Gasteiger partial charge in [-0.3, -0.25) is 14.7 Å². The van der Waals surface area contributed by atoms with Crippen molar-refractivity contribution in [1.29, 1.82) is 0 Å². The van der Waals surface area contributed by atoms with Crippen LogP contribution >= 0.6 is 12.4 Å². The molecule has 1 saturated heterocycles. The van der Waals surface area contributed by atoms with Gasteiger partial charge in [-0.2, -0.15) is 4.98 Å². The summed E-state index contributed by atoms with van der Waals surface area (Å²) < 4.78 is 1.44. The number of carbonyl (C=O) groups excluding carboxylic acids is 2. The number of hydrogen-bond acceptors (Lipinski definition) is 7. The summed E-state index contributed by atoms with van der Waals surface area (Å²) in [5.41, 5.74) is 12.3. The van der Waals surface area contributed by atoms with E-state index < -0.39 is 11.2 Å². The van der Waals surface area contributed by atoms with Gasteiger partial charge < -0.3 is 26.6 Å². The summed E-state index contributed by atoms with van der Waals surface area (Å²) in [6, 6.07) is 9.83. The third kappa shape index (κ3) is 7.53. The molecule has 2 aliphatic rings. The Morgan fingerprint density at radius 1 is 1.00 bits per heavy atom. The largest absolute Gasteiger partial charge is 0.354 e. The maximum absolute atomic E-state index is 12.7. The van der Waals surface area contributed by atoms with E-state index in [9.17, 15) is 14.4 Å². The zero-order chi connectivity index (χ0) is 26.6. The first-order chi connectivity index (χ1) is 17.6. The maximum Gasteiger partial charge on any atom is 0.354 e. The van der Waals surface area contributed by atoms with Gasteiger partial charge in [-0.1, -0.05) is 12.1 Å². The molecule has 1 aromatic heterocycles. The van der Waals surface area contributed by atoms with Crippen LogP contribution in [-0.2, 0) is 11.3 Å². The van der Waals surface area contributed by atoms with Crippen LogP contribution in [0.2, 0.25) is 0 Å². The van der Waals surface area contributed by atoms with Crippen molar-refractivity contribution in [2.24, 2.45) is 11.5 Å². The van der Waals surface area contributed by atoms with Crippen molar-refractivity contribution >= 4 is 30.2 Å². The zero-order valence-corrected chi connectivity index (χ0v) is 22.9. The van der Waals surface area contributed by atoms with E-state index >= 15 is 0 Å². The predicted octanol–water partition coefficient (Wildman–Crippen LogP) is 1.43. The number of amides is 3. The number of piperazine rings is 1. The molecule has 3 amide bonds. The van der Waals surface area contributed by atoms with E-state index in [4.69, 9.17) is 11.5 Å². The number of carbonyl (C=O) groups is 2. The summed E-state index contributed by atoms with van der Waals surface area (Å²) in [5.74, 6) is 0.0393. The highest BCUT2D eigenvalue weighted by Gasteiger charge is 2.31. The molecule has 6 N–H and O–H groups in total. The van der Waals surface area contributed by atoms with Crippen LogP contribution in [-0.4, -0.2) is 75.1 Å². The number of anilines is 1. The summed E-state index contributed by atoms with van der Waals surface area (Å²) in [5, 5.41) is 6.27. The van der Waals surface area contributed by atoms with Crippen LogP contribution in [0.5, 0.6) is 0 Å². The van der Waals surface area contributed by atoms with E-state index in [0.29, 0.717) is 44.0 Å². The van der Waals surface area contributed by atoms with Crippen LogP contribution in [0.4, 0.5) is 10.6 Å². The third-order valence-electron chi connectivity index (χ3n) is 7.03. The van der Waals surface area contributed by atoms with Gasteiger partial charge in [0, 0.05) is 51.0 Å². The lowest BCUT2D eigenvalue weighted by Crippen LogP contribution is -2.58.